The van der Waals surface area contributed by atoms with Crippen molar-refractivity contribution in [3.05, 3.63) is 34.3 Å². The molecule has 1 saturated carbocycles. The molecule has 0 spiro atoms. The molecule has 1 aromatic rings. The van der Waals surface area contributed by atoms with E-state index in [1.54, 1.807) is 0 Å². The summed E-state index contributed by atoms with van der Waals surface area (Å²) in [5.41, 5.74) is 0.414. The van der Waals surface area contributed by atoms with Crippen molar-refractivity contribution in [2.24, 2.45) is 17.3 Å². The monoisotopic (exact) mass is 442 g/mol. The molecule has 8 heteroatoms. The predicted octanol–water partition coefficient (Wildman–Crippen LogP) is 3.13. The Balaban J connectivity index is 1.79. The Bertz CT molecular complexity index is 1110. The fourth-order valence-corrected chi connectivity index (χ4v) is 6.82. The minimum Gasteiger partial charge on any atom is -0.460 e. The number of carbonyl (C=O) groups is 4. The summed E-state index contributed by atoms with van der Waals surface area (Å²) in [4.78, 5) is 51.1. The molecule has 0 aromatic carbocycles. The number of fused-ring (bicyclic) bond motifs is 3. The second kappa shape index (κ2) is 6.63. The van der Waals surface area contributed by atoms with Crippen LogP contribution in [0.3, 0.4) is 0 Å². The van der Waals surface area contributed by atoms with E-state index in [4.69, 9.17) is 18.6 Å². The SMILES string of the molecule is COC(OC(C)=O)[C@H]1OC(=O)c2coc3c2[C@@]1(C)C1=C(C3=O)C2CCC(=O)[C@@]2(C)C[C@H]1C. The lowest BCUT2D eigenvalue weighted by Crippen LogP contribution is -2.58. The van der Waals surface area contributed by atoms with Crippen LogP contribution in [0.25, 0.3) is 0 Å². The fraction of sp³-hybridized carbons (Fsp3) is 0.583. The van der Waals surface area contributed by atoms with E-state index in [0.29, 0.717) is 30.4 Å². The number of methoxy groups -OCH3 is 1. The highest BCUT2D eigenvalue weighted by Crippen LogP contribution is 2.62. The average molecular weight is 442 g/mol. The van der Waals surface area contributed by atoms with Crippen LogP contribution >= 0.6 is 0 Å². The van der Waals surface area contributed by atoms with Crippen LogP contribution in [-0.4, -0.2) is 43.0 Å². The third kappa shape index (κ3) is 2.41. The number of ketones is 2. The van der Waals surface area contributed by atoms with Gasteiger partial charge < -0.3 is 18.6 Å². The van der Waals surface area contributed by atoms with Crippen LogP contribution in [0.2, 0.25) is 0 Å². The number of Topliss-reactive ketones (excluding diaryl/α,β-unsaturated/α-hetero) is 2. The van der Waals surface area contributed by atoms with Crippen molar-refractivity contribution in [1.29, 1.82) is 0 Å². The summed E-state index contributed by atoms with van der Waals surface area (Å²) in [5, 5.41) is 0. The molecule has 2 heterocycles. The predicted molar refractivity (Wildman–Crippen MR) is 109 cm³/mol. The maximum Gasteiger partial charge on any atom is 0.342 e. The first kappa shape index (κ1) is 21.1. The molecule has 2 unspecified atom stereocenters. The van der Waals surface area contributed by atoms with Gasteiger partial charge in [0.1, 0.15) is 17.6 Å². The summed E-state index contributed by atoms with van der Waals surface area (Å²) in [7, 11) is 1.37. The van der Waals surface area contributed by atoms with Gasteiger partial charge in [-0.05, 0) is 31.3 Å². The molecule has 6 atom stereocenters. The number of hydrogen-bond acceptors (Lipinski definition) is 8. The van der Waals surface area contributed by atoms with Gasteiger partial charge in [-0.2, -0.15) is 0 Å². The van der Waals surface area contributed by atoms with Crippen LogP contribution in [0.5, 0.6) is 0 Å². The van der Waals surface area contributed by atoms with Crippen molar-refractivity contribution in [2.75, 3.05) is 7.11 Å². The molecule has 32 heavy (non-hydrogen) atoms. The van der Waals surface area contributed by atoms with E-state index in [2.05, 4.69) is 0 Å². The Hall–Kier alpha value is -2.74. The standard InChI is InChI=1S/C24H26O8/c1-10-8-23(3)13(6-7-14(23)26)15-16(10)24(4)17-12(9-30-19(17)18(15)27)21(28)32-20(24)22(29-5)31-11(2)25/h9-10,13,20,22H,6-8H2,1-5H3/t10-,13?,20-,22?,23+,24-/m1/s1. The Kier molecular flexibility index (Phi) is 4.38. The van der Waals surface area contributed by atoms with Crippen LogP contribution < -0.4 is 0 Å². The first-order valence-electron chi connectivity index (χ1n) is 10.9. The number of cyclic esters (lactones) is 1. The van der Waals surface area contributed by atoms with Crippen molar-refractivity contribution in [3.8, 4) is 0 Å². The Morgan fingerprint density at radius 1 is 1.25 bits per heavy atom. The van der Waals surface area contributed by atoms with Gasteiger partial charge in [0.2, 0.25) is 12.1 Å². The van der Waals surface area contributed by atoms with Crippen molar-refractivity contribution in [3.63, 3.8) is 0 Å². The Morgan fingerprint density at radius 3 is 2.62 bits per heavy atom. The number of ether oxygens (including phenoxy) is 3. The summed E-state index contributed by atoms with van der Waals surface area (Å²) in [6, 6.07) is 0. The molecule has 5 rings (SSSR count). The van der Waals surface area contributed by atoms with Crippen molar-refractivity contribution in [1.82, 2.24) is 0 Å². The summed E-state index contributed by atoms with van der Waals surface area (Å²) in [5.74, 6) is -1.63. The maximum absolute atomic E-state index is 13.7. The van der Waals surface area contributed by atoms with Gasteiger partial charge in [0.05, 0.1) is 5.41 Å². The number of allylic oxidation sites excluding steroid dienone is 1. The minimum absolute atomic E-state index is 0.0939. The lowest BCUT2D eigenvalue weighted by Gasteiger charge is -2.52. The van der Waals surface area contributed by atoms with Crippen LogP contribution in [0, 0.1) is 17.3 Å². The normalized spacial score (nSPS) is 36.3. The highest BCUT2D eigenvalue weighted by molar-refractivity contribution is 6.14. The van der Waals surface area contributed by atoms with E-state index in [1.165, 1.54) is 20.3 Å². The number of rotatable bonds is 3. The zero-order valence-corrected chi connectivity index (χ0v) is 18.8. The van der Waals surface area contributed by atoms with E-state index >= 15 is 0 Å². The molecule has 1 aromatic heterocycles. The first-order valence-corrected chi connectivity index (χ1v) is 10.9. The highest BCUT2D eigenvalue weighted by Gasteiger charge is 2.64. The second-order valence-corrected chi connectivity index (χ2v) is 9.79. The zero-order chi connectivity index (χ0) is 23.2. The van der Waals surface area contributed by atoms with Gasteiger partial charge in [-0.15, -0.1) is 0 Å². The molecule has 1 aliphatic heterocycles. The largest absolute Gasteiger partial charge is 0.460 e. The van der Waals surface area contributed by atoms with E-state index < -0.39 is 35.2 Å². The summed E-state index contributed by atoms with van der Waals surface area (Å²) < 4.78 is 22.3. The Morgan fingerprint density at radius 2 is 1.97 bits per heavy atom. The molecule has 8 nitrogen and oxygen atoms in total. The van der Waals surface area contributed by atoms with Crippen molar-refractivity contribution >= 4 is 23.5 Å². The van der Waals surface area contributed by atoms with Crippen LogP contribution in [0.15, 0.2) is 21.8 Å². The number of hydrogen-bond donors (Lipinski definition) is 0. The molecule has 1 fully saturated rings. The topological polar surface area (TPSA) is 109 Å². The smallest absolute Gasteiger partial charge is 0.342 e. The molecule has 0 bridgehead atoms. The maximum atomic E-state index is 13.7. The third-order valence-corrected chi connectivity index (χ3v) is 8.03. The lowest BCUT2D eigenvalue weighted by atomic mass is 9.52. The fourth-order valence-electron chi connectivity index (χ4n) is 6.82. The van der Waals surface area contributed by atoms with Crippen molar-refractivity contribution < 1.29 is 37.8 Å². The van der Waals surface area contributed by atoms with Gasteiger partial charge >= 0.3 is 11.9 Å². The zero-order valence-electron chi connectivity index (χ0n) is 18.8. The summed E-state index contributed by atoms with van der Waals surface area (Å²) in [6.07, 6.45) is 0.673. The van der Waals surface area contributed by atoms with E-state index in [1.807, 2.05) is 20.8 Å². The molecule has 4 aliphatic rings. The minimum atomic E-state index is -1.18. The highest BCUT2D eigenvalue weighted by atomic mass is 16.7. The molecule has 170 valence electrons. The molecule has 3 aliphatic carbocycles. The van der Waals surface area contributed by atoms with Gasteiger partial charge in [-0.3, -0.25) is 14.4 Å². The Labute approximate surface area is 185 Å². The molecular formula is C24H26O8. The molecule has 0 N–H and O–H groups in total. The summed E-state index contributed by atoms with van der Waals surface area (Å²) >= 11 is 0. The molecule has 0 amide bonds. The van der Waals surface area contributed by atoms with E-state index in [0.717, 1.165) is 5.57 Å². The molecular weight excluding hydrogens is 416 g/mol. The van der Waals surface area contributed by atoms with Crippen LogP contribution in [0.4, 0.5) is 0 Å². The average Bonchev–Trinajstić information content (AvgIpc) is 3.30. The number of esters is 2. The number of furan rings is 1. The molecule has 0 radical (unpaired) electrons. The van der Waals surface area contributed by atoms with Crippen molar-refractivity contribution in [2.45, 2.75) is 64.8 Å². The van der Waals surface area contributed by atoms with Crippen LogP contribution in [-0.2, 0) is 29.2 Å². The van der Waals surface area contributed by atoms with Gasteiger partial charge in [-0.1, -0.05) is 13.8 Å². The number of carbonyl (C=O) groups excluding carboxylic acids is 4. The van der Waals surface area contributed by atoms with E-state index in [9.17, 15) is 19.2 Å². The van der Waals surface area contributed by atoms with E-state index in [-0.39, 0.29) is 34.7 Å². The van der Waals surface area contributed by atoms with Crippen LogP contribution in [0.1, 0.15) is 73.4 Å². The third-order valence-electron chi connectivity index (χ3n) is 8.03. The van der Waals surface area contributed by atoms with Gasteiger partial charge in [0.15, 0.2) is 11.9 Å². The first-order chi connectivity index (χ1) is 15.1. The summed E-state index contributed by atoms with van der Waals surface area (Å²) in [6.45, 7) is 7.07. The molecule has 0 saturated heterocycles. The van der Waals surface area contributed by atoms with Gasteiger partial charge in [-0.25, -0.2) is 4.79 Å². The lowest BCUT2D eigenvalue weighted by molar-refractivity contribution is -0.203. The second-order valence-electron chi connectivity index (χ2n) is 9.79. The van der Waals surface area contributed by atoms with Gasteiger partial charge in [0.25, 0.3) is 0 Å². The van der Waals surface area contributed by atoms with Gasteiger partial charge in [0, 0.05) is 42.9 Å². The quantitative estimate of drug-likeness (QED) is 0.519.